The molecule has 4 rings (SSSR count). The number of methoxy groups -OCH3 is 2. The third-order valence-corrected chi connectivity index (χ3v) is 5.19. The first-order chi connectivity index (χ1) is 15.5. The molecule has 10 heteroatoms. The van der Waals surface area contributed by atoms with E-state index in [1.54, 1.807) is 59.3 Å². The summed E-state index contributed by atoms with van der Waals surface area (Å²) in [5.74, 6) is 1.29. The van der Waals surface area contributed by atoms with Crippen molar-refractivity contribution in [1.82, 2.24) is 14.7 Å². The summed E-state index contributed by atoms with van der Waals surface area (Å²) in [5.41, 5.74) is 1.80. The lowest BCUT2D eigenvalue weighted by Gasteiger charge is -2.13. The van der Waals surface area contributed by atoms with Crippen molar-refractivity contribution in [3.63, 3.8) is 0 Å². The Morgan fingerprint density at radius 1 is 1.09 bits per heavy atom. The van der Waals surface area contributed by atoms with Crippen molar-refractivity contribution < 1.29 is 18.8 Å². The molecule has 0 bridgehead atoms. The van der Waals surface area contributed by atoms with Gasteiger partial charge in [0.15, 0.2) is 0 Å². The molecular formula is C22H18Cl2N4O4. The summed E-state index contributed by atoms with van der Waals surface area (Å²) in [6.45, 7) is 0.00773. The van der Waals surface area contributed by atoms with Crippen LogP contribution in [0, 0.1) is 0 Å². The summed E-state index contributed by atoms with van der Waals surface area (Å²) in [6, 6.07) is 13.9. The Hall–Kier alpha value is -3.49. The summed E-state index contributed by atoms with van der Waals surface area (Å²) in [4.78, 5) is 17.2. The molecule has 0 unspecified atom stereocenters. The number of nitrogens with one attached hydrogen (secondary N) is 1. The number of nitrogens with zero attached hydrogens (tertiary/aromatic N) is 3. The number of rotatable bonds is 7. The zero-order valence-corrected chi connectivity index (χ0v) is 18.6. The maximum atomic E-state index is 12.7. The van der Waals surface area contributed by atoms with Gasteiger partial charge in [0.25, 0.3) is 5.89 Å². The van der Waals surface area contributed by atoms with Gasteiger partial charge in [-0.1, -0.05) is 28.4 Å². The van der Waals surface area contributed by atoms with Crippen LogP contribution in [0.3, 0.4) is 0 Å². The molecule has 0 aliphatic rings. The van der Waals surface area contributed by atoms with E-state index in [1.165, 1.54) is 14.2 Å². The van der Waals surface area contributed by atoms with Crippen LogP contribution in [0.25, 0.3) is 23.0 Å². The molecule has 0 saturated heterocycles. The van der Waals surface area contributed by atoms with Crippen LogP contribution in [0.5, 0.6) is 11.5 Å². The Kier molecular flexibility index (Phi) is 6.34. The number of ether oxygens (including phenoxy) is 2. The molecule has 2 aromatic heterocycles. The molecule has 2 heterocycles. The quantitative estimate of drug-likeness (QED) is 0.398. The minimum atomic E-state index is -0.292. The fourth-order valence-electron chi connectivity index (χ4n) is 3.09. The van der Waals surface area contributed by atoms with Crippen LogP contribution in [0.1, 0.15) is 0 Å². The van der Waals surface area contributed by atoms with Gasteiger partial charge in [0.1, 0.15) is 23.7 Å². The zero-order valence-electron chi connectivity index (χ0n) is 17.1. The highest BCUT2D eigenvalue weighted by Gasteiger charge is 2.17. The Morgan fingerprint density at radius 3 is 2.56 bits per heavy atom. The summed E-state index contributed by atoms with van der Waals surface area (Å²) >= 11 is 12.1. The number of amides is 1. The summed E-state index contributed by atoms with van der Waals surface area (Å²) < 4.78 is 17.6. The van der Waals surface area contributed by atoms with E-state index in [9.17, 15) is 4.79 Å². The predicted octanol–water partition coefficient (Wildman–Crippen LogP) is 5.17. The molecule has 4 aromatic rings. The van der Waals surface area contributed by atoms with Gasteiger partial charge in [-0.3, -0.25) is 4.79 Å². The van der Waals surface area contributed by atoms with Crippen LogP contribution in [-0.2, 0) is 11.3 Å². The number of anilines is 1. The fourth-order valence-corrected chi connectivity index (χ4v) is 3.46. The second kappa shape index (κ2) is 9.33. The molecule has 0 spiro atoms. The van der Waals surface area contributed by atoms with Crippen molar-refractivity contribution >= 4 is 34.8 Å². The molecule has 0 saturated carbocycles. The molecule has 0 aliphatic carbocycles. The van der Waals surface area contributed by atoms with Crippen molar-refractivity contribution in [2.45, 2.75) is 6.54 Å². The van der Waals surface area contributed by atoms with E-state index in [0.717, 1.165) is 5.56 Å². The van der Waals surface area contributed by atoms with Crippen LogP contribution in [0.2, 0.25) is 10.0 Å². The Morgan fingerprint density at radius 2 is 1.84 bits per heavy atom. The maximum absolute atomic E-state index is 12.7. The van der Waals surface area contributed by atoms with Gasteiger partial charge in [-0.15, -0.1) is 0 Å². The number of carbonyl (C=O) groups excluding carboxylic acids is 1. The lowest BCUT2D eigenvalue weighted by Crippen LogP contribution is -2.19. The van der Waals surface area contributed by atoms with Gasteiger partial charge in [0.2, 0.25) is 11.7 Å². The van der Waals surface area contributed by atoms with Crippen LogP contribution in [-0.4, -0.2) is 34.8 Å². The van der Waals surface area contributed by atoms with Crippen LogP contribution in [0.4, 0.5) is 5.69 Å². The van der Waals surface area contributed by atoms with Crippen LogP contribution >= 0.6 is 23.2 Å². The molecule has 8 nitrogen and oxygen atoms in total. The number of benzene rings is 2. The SMILES string of the molecule is COc1cc(OC)c(NC(=O)Cn2cccc2-c2nc(-c3ccc(Cl)cc3)no2)cc1Cl. The topological polar surface area (TPSA) is 91.4 Å². The lowest BCUT2D eigenvalue weighted by molar-refractivity contribution is -0.116. The lowest BCUT2D eigenvalue weighted by atomic mass is 10.2. The first kappa shape index (κ1) is 21.7. The molecule has 164 valence electrons. The molecule has 2 aromatic carbocycles. The van der Waals surface area contributed by atoms with Gasteiger partial charge in [-0.2, -0.15) is 4.98 Å². The molecule has 0 fully saturated rings. The number of carbonyl (C=O) groups is 1. The summed E-state index contributed by atoms with van der Waals surface area (Å²) in [5, 5.41) is 7.80. The average Bonchev–Trinajstić information content (AvgIpc) is 3.44. The molecule has 0 radical (unpaired) electrons. The van der Waals surface area contributed by atoms with E-state index in [-0.39, 0.29) is 18.3 Å². The monoisotopic (exact) mass is 472 g/mol. The second-order valence-corrected chi connectivity index (χ2v) is 7.53. The van der Waals surface area contributed by atoms with Crippen LogP contribution in [0.15, 0.2) is 59.3 Å². The van der Waals surface area contributed by atoms with Gasteiger partial charge < -0.3 is 23.9 Å². The minimum absolute atomic E-state index is 0.00773. The third-order valence-electron chi connectivity index (χ3n) is 4.64. The zero-order chi connectivity index (χ0) is 22.7. The predicted molar refractivity (Wildman–Crippen MR) is 121 cm³/mol. The number of hydrogen-bond acceptors (Lipinski definition) is 6. The molecule has 0 atom stereocenters. The average molecular weight is 473 g/mol. The van der Waals surface area contributed by atoms with Gasteiger partial charge >= 0.3 is 0 Å². The number of hydrogen-bond donors (Lipinski definition) is 1. The molecule has 1 N–H and O–H groups in total. The van der Waals surface area contributed by atoms with E-state index in [0.29, 0.717) is 38.8 Å². The minimum Gasteiger partial charge on any atom is -0.495 e. The Balaban J connectivity index is 1.52. The highest BCUT2D eigenvalue weighted by molar-refractivity contribution is 6.32. The Bertz CT molecular complexity index is 1250. The van der Waals surface area contributed by atoms with Crippen molar-refractivity contribution in [3.8, 4) is 34.5 Å². The van der Waals surface area contributed by atoms with Gasteiger partial charge in [-0.25, -0.2) is 0 Å². The smallest absolute Gasteiger partial charge is 0.274 e. The first-order valence-corrected chi connectivity index (χ1v) is 10.2. The first-order valence-electron chi connectivity index (χ1n) is 9.45. The van der Waals surface area contributed by atoms with E-state index >= 15 is 0 Å². The van der Waals surface area contributed by atoms with Crippen LogP contribution < -0.4 is 14.8 Å². The largest absolute Gasteiger partial charge is 0.495 e. The van der Waals surface area contributed by atoms with Gasteiger partial charge in [0.05, 0.1) is 24.9 Å². The highest BCUT2D eigenvalue weighted by atomic mass is 35.5. The molecule has 32 heavy (non-hydrogen) atoms. The standard InChI is InChI=1S/C22H18Cl2N4O4/c1-30-18-11-19(31-2)16(10-15(18)24)25-20(29)12-28-9-3-4-17(28)22-26-21(27-32-22)13-5-7-14(23)8-6-13/h3-11H,12H2,1-2H3,(H,25,29). The van der Waals surface area contributed by atoms with Crippen molar-refractivity contribution in [2.24, 2.45) is 0 Å². The third kappa shape index (κ3) is 4.56. The van der Waals surface area contributed by atoms with E-state index in [4.69, 9.17) is 37.2 Å². The normalized spacial score (nSPS) is 10.8. The summed E-state index contributed by atoms with van der Waals surface area (Å²) in [6.07, 6.45) is 1.75. The maximum Gasteiger partial charge on any atom is 0.274 e. The van der Waals surface area contributed by atoms with E-state index in [1.807, 2.05) is 0 Å². The summed E-state index contributed by atoms with van der Waals surface area (Å²) in [7, 11) is 3.00. The van der Waals surface area contributed by atoms with Crippen molar-refractivity contribution in [1.29, 1.82) is 0 Å². The number of halogens is 2. The molecule has 0 aliphatic heterocycles. The van der Waals surface area contributed by atoms with Crippen molar-refractivity contribution in [3.05, 3.63) is 64.8 Å². The molecule has 1 amide bonds. The van der Waals surface area contributed by atoms with E-state index < -0.39 is 0 Å². The van der Waals surface area contributed by atoms with E-state index in [2.05, 4.69) is 15.5 Å². The molecular weight excluding hydrogens is 455 g/mol. The second-order valence-electron chi connectivity index (χ2n) is 6.69. The highest BCUT2D eigenvalue weighted by Crippen LogP contribution is 2.36. The fraction of sp³-hybridized carbons (Fsp3) is 0.136. The number of aromatic nitrogens is 3. The Labute approximate surface area is 193 Å². The van der Waals surface area contributed by atoms with Gasteiger partial charge in [0, 0.05) is 22.8 Å². The van der Waals surface area contributed by atoms with Gasteiger partial charge in [-0.05, 0) is 42.5 Å². The van der Waals surface area contributed by atoms with Crippen molar-refractivity contribution in [2.75, 3.05) is 19.5 Å².